The number of carbonyl (C=O) groups is 1. The highest BCUT2D eigenvalue weighted by molar-refractivity contribution is 7.99. The molecule has 0 saturated carbocycles. The number of amides is 1. The summed E-state index contributed by atoms with van der Waals surface area (Å²) in [5.74, 6) is 6.67. The smallest absolute Gasteiger partial charge is 0.237 e. The number of nitriles is 1. The summed E-state index contributed by atoms with van der Waals surface area (Å²) in [6, 6.07) is 15.2. The molecule has 2 heterocycles. The first-order valence-electron chi connectivity index (χ1n) is 7.80. The van der Waals surface area contributed by atoms with Crippen LogP contribution in [0.15, 0.2) is 53.0 Å². The fourth-order valence-corrected chi connectivity index (χ4v) is 3.76. The fourth-order valence-electron chi connectivity index (χ4n) is 2.32. The average molecular weight is 384 g/mol. The van der Waals surface area contributed by atoms with Gasteiger partial charge in [-0.3, -0.25) is 4.79 Å². The van der Waals surface area contributed by atoms with Gasteiger partial charge in [0.15, 0.2) is 5.82 Å². The molecule has 0 aliphatic carbocycles. The maximum absolute atomic E-state index is 12.7. The van der Waals surface area contributed by atoms with Gasteiger partial charge in [-0.15, -0.1) is 21.5 Å². The third-order valence-electron chi connectivity index (χ3n) is 3.55. The van der Waals surface area contributed by atoms with Crippen molar-refractivity contribution in [2.75, 3.05) is 23.0 Å². The van der Waals surface area contributed by atoms with E-state index < -0.39 is 0 Å². The number of nitrogen functional groups attached to an aromatic ring is 1. The molecule has 0 atom stereocenters. The van der Waals surface area contributed by atoms with E-state index in [0.717, 1.165) is 10.6 Å². The second-order valence-electron chi connectivity index (χ2n) is 5.23. The van der Waals surface area contributed by atoms with Gasteiger partial charge in [-0.1, -0.05) is 36.0 Å². The lowest BCUT2D eigenvalue weighted by molar-refractivity contribution is -0.116. The Labute approximate surface area is 159 Å². The zero-order valence-electron chi connectivity index (χ0n) is 13.8. The van der Waals surface area contributed by atoms with Gasteiger partial charge in [0.05, 0.1) is 23.1 Å². The first-order valence-corrected chi connectivity index (χ1v) is 9.66. The van der Waals surface area contributed by atoms with E-state index in [4.69, 9.17) is 11.1 Å². The van der Waals surface area contributed by atoms with Gasteiger partial charge in [-0.05, 0) is 23.6 Å². The molecule has 0 radical (unpaired) electrons. The maximum atomic E-state index is 12.7. The van der Waals surface area contributed by atoms with Gasteiger partial charge < -0.3 is 10.7 Å². The van der Waals surface area contributed by atoms with Crippen molar-refractivity contribution < 1.29 is 4.79 Å². The van der Waals surface area contributed by atoms with Crippen LogP contribution in [0.1, 0.15) is 6.42 Å². The summed E-state index contributed by atoms with van der Waals surface area (Å²) in [5.41, 5.74) is 0.766. The molecule has 1 amide bonds. The van der Waals surface area contributed by atoms with E-state index >= 15 is 0 Å². The monoisotopic (exact) mass is 384 g/mol. The molecule has 1 aromatic carbocycles. The molecule has 2 aromatic heterocycles. The number of para-hydroxylation sites is 1. The summed E-state index contributed by atoms with van der Waals surface area (Å²) >= 11 is 2.75. The molecule has 0 aliphatic rings. The maximum Gasteiger partial charge on any atom is 0.237 e. The number of hydrogen-bond donors (Lipinski definition) is 1. The van der Waals surface area contributed by atoms with Crippen LogP contribution in [-0.4, -0.2) is 33.1 Å². The van der Waals surface area contributed by atoms with Crippen LogP contribution in [0.5, 0.6) is 0 Å². The summed E-state index contributed by atoms with van der Waals surface area (Å²) < 4.78 is 1.39. The minimum absolute atomic E-state index is 0.114. The first-order chi connectivity index (χ1) is 12.7. The Kier molecular flexibility index (Phi) is 5.88. The van der Waals surface area contributed by atoms with Gasteiger partial charge in [-0.25, -0.2) is 4.68 Å². The molecule has 7 nitrogen and oxygen atoms in total. The number of hydrogen-bond acceptors (Lipinski definition) is 7. The molecule has 0 saturated heterocycles. The molecular formula is C17H16N6OS2. The fraction of sp³-hybridized carbons (Fsp3) is 0.176. The second kappa shape index (κ2) is 8.51. The number of thiophene rings is 1. The van der Waals surface area contributed by atoms with Crippen LogP contribution in [0.2, 0.25) is 0 Å². The normalized spacial score (nSPS) is 10.4. The van der Waals surface area contributed by atoms with E-state index in [1.54, 1.807) is 4.90 Å². The number of benzene rings is 1. The van der Waals surface area contributed by atoms with Crippen molar-refractivity contribution in [1.82, 2.24) is 14.9 Å². The molecule has 3 rings (SSSR count). The van der Waals surface area contributed by atoms with Gasteiger partial charge in [0.25, 0.3) is 0 Å². The Balaban J connectivity index is 1.70. The average Bonchev–Trinajstić information content (AvgIpc) is 3.31. The van der Waals surface area contributed by atoms with Crippen LogP contribution in [0.4, 0.5) is 5.69 Å². The highest BCUT2D eigenvalue weighted by Crippen LogP contribution is 2.25. The Morgan fingerprint density at radius 2 is 2.08 bits per heavy atom. The number of thioether (sulfide) groups is 1. The Bertz CT molecular complexity index is 901. The zero-order valence-corrected chi connectivity index (χ0v) is 15.4. The number of aromatic nitrogens is 3. The van der Waals surface area contributed by atoms with E-state index in [9.17, 15) is 4.79 Å². The zero-order chi connectivity index (χ0) is 18.4. The van der Waals surface area contributed by atoms with Crippen molar-refractivity contribution in [2.45, 2.75) is 11.6 Å². The highest BCUT2D eigenvalue weighted by atomic mass is 32.2. The van der Waals surface area contributed by atoms with E-state index in [-0.39, 0.29) is 18.1 Å². The van der Waals surface area contributed by atoms with E-state index in [1.165, 1.54) is 27.8 Å². The molecule has 2 N–H and O–H groups in total. The lowest BCUT2D eigenvalue weighted by Crippen LogP contribution is -2.33. The standard InChI is InChI=1S/C17H16N6OS2/c18-9-5-10-22(13-6-2-1-3-7-13)15(24)12-26-17-21-20-16(23(17)19)14-8-4-11-25-14/h1-4,6-8,11H,5,10,12,19H2. The number of rotatable bonds is 7. The van der Waals surface area contributed by atoms with Crippen molar-refractivity contribution in [3.05, 3.63) is 47.8 Å². The molecule has 0 spiro atoms. The minimum atomic E-state index is -0.114. The largest absolute Gasteiger partial charge is 0.335 e. The predicted molar refractivity (Wildman–Crippen MR) is 103 cm³/mol. The van der Waals surface area contributed by atoms with Gasteiger partial charge >= 0.3 is 0 Å². The van der Waals surface area contributed by atoms with Crippen molar-refractivity contribution in [3.8, 4) is 16.8 Å². The summed E-state index contributed by atoms with van der Waals surface area (Å²) in [5, 5.41) is 19.4. The third-order valence-corrected chi connectivity index (χ3v) is 5.34. The number of anilines is 1. The summed E-state index contributed by atoms with van der Waals surface area (Å²) in [6.45, 7) is 0.343. The summed E-state index contributed by atoms with van der Waals surface area (Å²) in [6.07, 6.45) is 0.265. The van der Waals surface area contributed by atoms with Crippen LogP contribution in [-0.2, 0) is 4.79 Å². The van der Waals surface area contributed by atoms with Gasteiger partial charge in [0, 0.05) is 12.2 Å². The van der Waals surface area contributed by atoms with Crippen molar-refractivity contribution in [3.63, 3.8) is 0 Å². The van der Waals surface area contributed by atoms with Crippen LogP contribution >= 0.6 is 23.1 Å². The first kappa shape index (κ1) is 18.0. The number of nitrogens with zero attached hydrogens (tertiary/aromatic N) is 5. The molecule has 0 fully saturated rings. The molecule has 0 aliphatic heterocycles. The molecule has 3 aromatic rings. The molecular weight excluding hydrogens is 368 g/mol. The van der Waals surface area contributed by atoms with E-state index in [0.29, 0.717) is 17.5 Å². The summed E-state index contributed by atoms with van der Waals surface area (Å²) in [7, 11) is 0. The van der Waals surface area contributed by atoms with Crippen molar-refractivity contribution in [1.29, 1.82) is 5.26 Å². The summed E-state index contributed by atoms with van der Waals surface area (Å²) in [4.78, 5) is 15.2. The topological polar surface area (TPSA) is 101 Å². The SMILES string of the molecule is N#CCCN(C(=O)CSc1nnc(-c2cccs2)n1N)c1ccccc1. The molecule has 0 bridgehead atoms. The van der Waals surface area contributed by atoms with Crippen LogP contribution in [0.25, 0.3) is 10.7 Å². The Morgan fingerprint density at radius 3 is 2.77 bits per heavy atom. The number of carbonyl (C=O) groups excluding carboxylic acids is 1. The molecule has 132 valence electrons. The number of nitrogens with two attached hydrogens (primary N) is 1. The van der Waals surface area contributed by atoms with Crippen LogP contribution in [0.3, 0.4) is 0 Å². The van der Waals surface area contributed by atoms with E-state index in [1.807, 2.05) is 47.8 Å². The van der Waals surface area contributed by atoms with Crippen LogP contribution in [0, 0.1) is 11.3 Å². The van der Waals surface area contributed by atoms with Gasteiger partial charge in [0.2, 0.25) is 11.1 Å². The minimum Gasteiger partial charge on any atom is -0.335 e. The Hall–Kier alpha value is -2.83. The van der Waals surface area contributed by atoms with E-state index in [2.05, 4.69) is 16.3 Å². The molecule has 26 heavy (non-hydrogen) atoms. The van der Waals surface area contributed by atoms with Gasteiger partial charge in [0.1, 0.15) is 0 Å². The second-order valence-corrected chi connectivity index (χ2v) is 7.12. The van der Waals surface area contributed by atoms with Crippen molar-refractivity contribution >= 4 is 34.7 Å². The third kappa shape index (κ3) is 4.04. The van der Waals surface area contributed by atoms with Crippen molar-refractivity contribution in [2.24, 2.45) is 0 Å². The van der Waals surface area contributed by atoms with Crippen LogP contribution < -0.4 is 10.7 Å². The quantitative estimate of drug-likeness (QED) is 0.496. The predicted octanol–water partition coefficient (Wildman–Crippen LogP) is 2.76. The Morgan fingerprint density at radius 1 is 1.27 bits per heavy atom. The molecule has 9 heteroatoms. The highest BCUT2D eigenvalue weighted by Gasteiger charge is 2.18. The lowest BCUT2D eigenvalue weighted by Gasteiger charge is -2.21. The lowest BCUT2D eigenvalue weighted by atomic mass is 10.2. The van der Waals surface area contributed by atoms with Gasteiger partial charge in [-0.2, -0.15) is 5.26 Å². The molecule has 0 unspecified atom stereocenters.